The van der Waals surface area contributed by atoms with Crippen LogP contribution in [0.15, 0.2) is 32.6 Å². The minimum atomic E-state index is -0.634. The topological polar surface area (TPSA) is 118 Å². The van der Waals surface area contributed by atoms with E-state index in [9.17, 15) is 19.8 Å². The van der Waals surface area contributed by atoms with Crippen molar-refractivity contribution >= 4 is 24.4 Å². The first kappa shape index (κ1) is 23.4. The molecule has 1 rings (SSSR count). The van der Waals surface area contributed by atoms with Crippen molar-refractivity contribution in [2.45, 2.75) is 65.5 Å². The second kappa shape index (κ2) is 11.9. The van der Waals surface area contributed by atoms with Crippen molar-refractivity contribution in [1.29, 1.82) is 0 Å². The third-order valence-electron chi connectivity index (χ3n) is 4.25. The average Bonchev–Trinajstić information content (AvgIpc) is 2.63. The monoisotopic (exact) mass is 394 g/mol. The van der Waals surface area contributed by atoms with Crippen LogP contribution >= 0.6 is 0 Å². The summed E-state index contributed by atoms with van der Waals surface area (Å²) in [7, 11) is 0. The zero-order chi connectivity index (χ0) is 21.1. The van der Waals surface area contributed by atoms with E-state index < -0.39 is 11.9 Å². The molecule has 0 bridgehead atoms. The summed E-state index contributed by atoms with van der Waals surface area (Å²) in [5.41, 5.74) is 0.0157. The molecular formula is C20H30N2O6. The standard InChI is InChI=1S/C20H30N2O6/c1-5-27-19(25)15(13(3)23)11-21-17-9-7-8-10-18(17)22-12-16(14(4)24)20(26)28-6-2/h11-12,17-18,23-24H,5-10H2,1-4H3/b15-13+,16-14+,21-11?,22-12?/t17-,18-/m0/s1. The SMILES string of the molecule is CCOC(=O)/C(C=N[C@H]1CCCC[C@@H]1N=C/C(C(=O)OCC)=C(/C)O)=C(\C)O. The quantitative estimate of drug-likeness (QED) is 0.282. The molecule has 1 fully saturated rings. The summed E-state index contributed by atoms with van der Waals surface area (Å²) in [4.78, 5) is 32.7. The Morgan fingerprint density at radius 2 is 1.21 bits per heavy atom. The molecular weight excluding hydrogens is 364 g/mol. The molecule has 0 spiro atoms. The number of allylic oxidation sites excluding steroid dienone is 2. The van der Waals surface area contributed by atoms with Crippen molar-refractivity contribution in [3.05, 3.63) is 22.7 Å². The number of ether oxygens (including phenoxy) is 2. The Kier molecular flexibility index (Phi) is 9.98. The van der Waals surface area contributed by atoms with Crippen LogP contribution in [0.25, 0.3) is 0 Å². The van der Waals surface area contributed by atoms with Gasteiger partial charge >= 0.3 is 11.9 Å². The summed E-state index contributed by atoms with van der Waals surface area (Å²) in [6.45, 7) is 6.56. The van der Waals surface area contributed by atoms with Gasteiger partial charge in [-0.3, -0.25) is 9.98 Å². The average molecular weight is 394 g/mol. The minimum absolute atomic E-state index is 0.00784. The van der Waals surface area contributed by atoms with Gasteiger partial charge in [-0.1, -0.05) is 12.8 Å². The van der Waals surface area contributed by atoms with Crippen LogP contribution in [0.2, 0.25) is 0 Å². The molecule has 0 aromatic rings. The molecule has 2 N–H and O–H groups in total. The zero-order valence-electron chi connectivity index (χ0n) is 17.0. The second-order valence-corrected chi connectivity index (χ2v) is 6.41. The van der Waals surface area contributed by atoms with Crippen molar-refractivity contribution in [2.24, 2.45) is 9.98 Å². The summed E-state index contributed by atoms with van der Waals surface area (Å²) >= 11 is 0. The maximum Gasteiger partial charge on any atom is 0.343 e. The second-order valence-electron chi connectivity index (χ2n) is 6.41. The molecule has 28 heavy (non-hydrogen) atoms. The molecule has 0 aromatic carbocycles. The Morgan fingerprint density at radius 3 is 1.50 bits per heavy atom. The minimum Gasteiger partial charge on any atom is -0.512 e. The maximum atomic E-state index is 11.9. The summed E-state index contributed by atoms with van der Waals surface area (Å²) in [6, 6.07) is -0.424. The van der Waals surface area contributed by atoms with Gasteiger partial charge in [0.1, 0.15) is 22.7 Å². The predicted molar refractivity (Wildman–Crippen MR) is 107 cm³/mol. The number of hydrogen-bond acceptors (Lipinski definition) is 8. The van der Waals surface area contributed by atoms with Crippen molar-refractivity contribution in [2.75, 3.05) is 13.2 Å². The van der Waals surface area contributed by atoms with Gasteiger partial charge in [0.15, 0.2) is 0 Å². The van der Waals surface area contributed by atoms with Gasteiger partial charge in [0, 0.05) is 12.4 Å². The van der Waals surface area contributed by atoms with Gasteiger partial charge in [-0.15, -0.1) is 0 Å². The van der Waals surface area contributed by atoms with Gasteiger partial charge in [-0.2, -0.15) is 0 Å². The van der Waals surface area contributed by atoms with E-state index in [0.717, 1.165) is 25.7 Å². The van der Waals surface area contributed by atoms with Crippen LogP contribution in [0, 0.1) is 0 Å². The zero-order valence-corrected chi connectivity index (χ0v) is 17.0. The third-order valence-corrected chi connectivity index (χ3v) is 4.25. The van der Waals surface area contributed by atoms with Crippen LogP contribution in [0.1, 0.15) is 53.4 Å². The Labute approximate surface area is 165 Å². The normalized spacial score (nSPS) is 22.0. The Morgan fingerprint density at radius 1 is 0.857 bits per heavy atom. The summed E-state index contributed by atoms with van der Waals surface area (Å²) in [5, 5.41) is 19.5. The van der Waals surface area contributed by atoms with Crippen LogP contribution < -0.4 is 0 Å². The number of carbonyl (C=O) groups excluding carboxylic acids is 2. The first-order valence-electron chi connectivity index (χ1n) is 9.52. The Balaban J connectivity index is 3.00. The van der Waals surface area contributed by atoms with Crippen molar-refractivity contribution in [1.82, 2.24) is 0 Å². The lowest BCUT2D eigenvalue weighted by Crippen LogP contribution is -2.28. The molecule has 2 atom stereocenters. The molecule has 0 aliphatic heterocycles. The molecule has 8 heteroatoms. The highest BCUT2D eigenvalue weighted by Gasteiger charge is 2.25. The van der Waals surface area contributed by atoms with E-state index in [4.69, 9.17) is 9.47 Å². The van der Waals surface area contributed by atoms with Gasteiger partial charge in [0.05, 0.1) is 25.3 Å². The smallest absolute Gasteiger partial charge is 0.343 e. The fourth-order valence-corrected chi connectivity index (χ4v) is 2.79. The molecule has 1 aliphatic carbocycles. The van der Waals surface area contributed by atoms with Crippen LogP contribution in [0.4, 0.5) is 0 Å². The van der Waals surface area contributed by atoms with Crippen LogP contribution in [-0.2, 0) is 19.1 Å². The number of rotatable bonds is 8. The van der Waals surface area contributed by atoms with Crippen molar-refractivity contribution in [3.63, 3.8) is 0 Å². The highest BCUT2D eigenvalue weighted by molar-refractivity contribution is 6.10. The van der Waals surface area contributed by atoms with E-state index in [0.29, 0.717) is 0 Å². The molecule has 1 aliphatic rings. The van der Waals surface area contributed by atoms with E-state index >= 15 is 0 Å². The molecule has 0 amide bonds. The number of carbonyl (C=O) groups is 2. The largest absolute Gasteiger partial charge is 0.512 e. The number of aliphatic hydroxyl groups is 2. The molecule has 0 radical (unpaired) electrons. The molecule has 0 aromatic heterocycles. The lowest BCUT2D eigenvalue weighted by molar-refractivity contribution is -0.139. The van der Waals surface area contributed by atoms with Crippen LogP contribution in [0.3, 0.4) is 0 Å². The van der Waals surface area contributed by atoms with Crippen LogP contribution in [0.5, 0.6) is 0 Å². The Bertz CT molecular complexity index is 612. The molecule has 156 valence electrons. The van der Waals surface area contributed by atoms with E-state index in [2.05, 4.69) is 9.98 Å². The molecule has 0 unspecified atom stereocenters. The van der Waals surface area contributed by atoms with E-state index in [1.54, 1.807) is 13.8 Å². The third kappa shape index (κ3) is 7.17. The summed E-state index contributed by atoms with van der Waals surface area (Å²) in [5.74, 6) is -1.60. The number of aliphatic hydroxyl groups excluding tert-OH is 2. The summed E-state index contributed by atoms with van der Waals surface area (Å²) < 4.78 is 9.85. The molecule has 1 saturated carbocycles. The van der Waals surface area contributed by atoms with E-state index in [1.807, 2.05) is 0 Å². The van der Waals surface area contributed by atoms with Gasteiger partial charge in [-0.25, -0.2) is 9.59 Å². The fraction of sp³-hybridized carbons (Fsp3) is 0.600. The Hall–Kier alpha value is -2.64. The van der Waals surface area contributed by atoms with Crippen molar-refractivity contribution < 1.29 is 29.3 Å². The number of hydrogen-bond donors (Lipinski definition) is 2. The number of esters is 2. The number of nitrogens with zero attached hydrogens (tertiary/aromatic N) is 2. The van der Waals surface area contributed by atoms with E-state index in [-0.39, 0.29) is 48.0 Å². The van der Waals surface area contributed by atoms with Gasteiger partial charge in [-0.05, 0) is 40.5 Å². The highest BCUT2D eigenvalue weighted by Crippen LogP contribution is 2.24. The number of aliphatic imine (C=N–C) groups is 2. The lowest BCUT2D eigenvalue weighted by Gasteiger charge is -2.25. The highest BCUT2D eigenvalue weighted by atomic mass is 16.5. The molecule has 0 heterocycles. The molecule has 0 saturated heterocycles. The fourth-order valence-electron chi connectivity index (χ4n) is 2.79. The van der Waals surface area contributed by atoms with Crippen LogP contribution in [-0.4, -0.2) is 59.9 Å². The van der Waals surface area contributed by atoms with Gasteiger partial charge in [0.2, 0.25) is 0 Å². The predicted octanol–water partition coefficient (Wildman–Crippen LogP) is 3.23. The van der Waals surface area contributed by atoms with Gasteiger partial charge in [0.25, 0.3) is 0 Å². The first-order valence-corrected chi connectivity index (χ1v) is 9.52. The van der Waals surface area contributed by atoms with Crippen molar-refractivity contribution in [3.8, 4) is 0 Å². The van der Waals surface area contributed by atoms with E-state index in [1.165, 1.54) is 26.3 Å². The molecule has 8 nitrogen and oxygen atoms in total. The summed E-state index contributed by atoms with van der Waals surface area (Å²) in [6.07, 6.45) is 6.09. The lowest BCUT2D eigenvalue weighted by atomic mass is 9.91. The maximum absolute atomic E-state index is 11.9. The van der Waals surface area contributed by atoms with Gasteiger partial charge < -0.3 is 19.7 Å². The first-order chi connectivity index (χ1) is 13.3.